The zero-order valence-corrected chi connectivity index (χ0v) is 14.1. The van der Waals surface area contributed by atoms with E-state index in [1.165, 1.54) is 0 Å². The lowest BCUT2D eigenvalue weighted by atomic mass is 10.2. The van der Waals surface area contributed by atoms with Crippen molar-refractivity contribution in [3.63, 3.8) is 0 Å². The first kappa shape index (κ1) is 14.8. The number of rotatable bonds is 5. The highest BCUT2D eigenvalue weighted by molar-refractivity contribution is 7.13. The van der Waals surface area contributed by atoms with Gasteiger partial charge in [-0.05, 0) is 36.6 Å². The molecule has 0 aliphatic heterocycles. The van der Waals surface area contributed by atoms with Crippen molar-refractivity contribution in [2.45, 2.75) is 19.5 Å². The Balaban J connectivity index is 1.70. The van der Waals surface area contributed by atoms with E-state index >= 15 is 0 Å². The Labute approximate surface area is 144 Å². The van der Waals surface area contributed by atoms with Crippen LogP contribution in [0.25, 0.3) is 21.6 Å². The van der Waals surface area contributed by atoms with Gasteiger partial charge in [-0.15, -0.1) is 11.3 Å². The summed E-state index contributed by atoms with van der Waals surface area (Å²) in [6.45, 7) is 2.91. The number of anilines is 1. The largest absolute Gasteiger partial charge is 0.365 e. The van der Waals surface area contributed by atoms with Crippen molar-refractivity contribution in [1.82, 2.24) is 19.7 Å². The second kappa shape index (κ2) is 6.41. The highest BCUT2D eigenvalue weighted by Gasteiger charge is 2.12. The van der Waals surface area contributed by atoms with Crippen molar-refractivity contribution in [3.8, 4) is 10.7 Å². The Morgan fingerprint density at radius 3 is 2.83 bits per heavy atom. The quantitative estimate of drug-likeness (QED) is 0.598. The Morgan fingerprint density at radius 1 is 1.12 bits per heavy atom. The first-order chi connectivity index (χ1) is 11.8. The Kier molecular flexibility index (Phi) is 3.96. The molecule has 0 spiro atoms. The Bertz CT molecular complexity index is 931. The molecule has 0 fully saturated rings. The van der Waals surface area contributed by atoms with E-state index in [4.69, 9.17) is 9.97 Å². The molecule has 0 saturated carbocycles. The third kappa shape index (κ3) is 3.00. The molecule has 3 heterocycles. The van der Waals surface area contributed by atoms with Crippen molar-refractivity contribution in [3.05, 3.63) is 60.2 Å². The van der Waals surface area contributed by atoms with E-state index < -0.39 is 0 Å². The summed E-state index contributed by atoms with van der Waals surface area (Å²) in [5.74, 6) is 1.63. The van der Waals surface area contributed by atoms with E-state index in [9.17, 15) is 0 Å². The summed E-state index contributed by atoms with van der Waals surface area (Å²) in [5.41, 5.74) is 0.949. The molecule has 4 rings (SSSR count). The van der Waals surface area contributed by atoms with Crippen LogP contribution in [0.2, 0.25) is 0 Å². The molecule has 1 aromatic carbocycles. The molecule has 24 heavy (non-hydrogen) atoms. The van der Waals surface area contributed by atoms with Crippen LogP contribution in [0.4, 0.5) is 5.82 Å². The minimum Gasteiger partial charge on any atom is -0.365 e. The van der Waals surface area contributed by atoms with E-state index in [0.717, 1.165) is 34.0 Å². The van der Waals surface area contributed by atoms with Gasteiger partial charge in [0.05, 0.1) is 16.9 Å². The number of hydrogen-bond donors (Lipinski definition) is 1. The molecule has 0 amide bonds. The molecule has 1 atom stereocenters. The fraction of sp³-hybridized carbons (Fsp3) is 0.167. The van der Waals surface area contributed by atoms with E-state index in [2.05, 4.69) is 23.4 Å². The molecule has 3 aromatic heterocycles. The van der Waals surface area contributed by atoms with Gasteiger partial charge in [-0.3, -0.25) is 4.68 Å². The number of hydrogen-bond acceptors (Lipinski definition) is 5. The number of nitrogens with one attached hydrogen (secondary N) is 1. The summed E-state index contributed by atoms with van der Waals surface area (Å²) in [5, 5.41) is 10.9. The lowest BCUT2D eigenvalue weighted by molar-refractivity contribution is 0.560. The van der Waals surface area contributed by atoms with Gasteiger partial charge in [0.2, 0.25) is 0 Å². The molecule has 1 unspecified atom stereocenters. The molecule has 0 aliphatic carbocycles. The minimum absolute atomic E-state index is 0.194. The molecule has 4 aromatic rings. The fourth-order valence-corrected chi connectivity index (χ4v) is 3.33. The first-order valence-corrected chi connectivity index (χ1v) is 8.72. The Hall–Kier alpha value is -2.73. The molecule has 1 N–H and O–H groups in total. The van der Waals surface area contributed by atoms with Gasteiger partial charge in [0, 0.05) is 23.8 Å². The molecule has 0 saturated heterocycles. The second-order valence-corrected chi connectivity index (χ2v) is 6.61. The van der Waals surface area contributed by atoms with Crippen LogP contribution in [0.3, 0.4) is 0 Å². The zero-order valence-electron chi connectivity index (χ0n) is 13.3. The van der Waals surface area contributed by atoms with Crippen LogP contribution in [-0.2, 0) is 6.54 Å². The van der Waals surface area contributed by atoms with Crippen molar-refractivity contribution in [2.24, 2.45) is 0 Å². The molecule has 6 heteroatoms. The standard InChI is InChI=1S/C18H17N5S/c1-13(12-23-10-5-9-19-23)20-17-14-6-2-3-7-15(14)21-18(22-17)16-8-4-11-24-16/h2-11,13H,12H2,1H3,(H,20,21,22). The summed E-state index contributed by atoms with van der Waals surface area (Å²) in [6.07, 6.45) is 3.76. The lowest BCUT2D eigenvalue weighted by Gasteiger charge is -2.16. The molecular formula is C18H17N5S. The van der Waals surface area contributed by atoms with Gasteiger partial charge in [0.1, 0.15) is 5.82 Å². The summed E-state index contributed by atoms with van der Waals surface area (Å²) < 4.78 is 1.92. The molecule has 120 valence electrons. The third-order valence-corrected chi connectivity index (χ3v) is 4.61. The number of benzene rings is 1. The maximum Gasteiger partial charge on any atom is 0.172 e. The van der Waals surface area contributed by atoms with Crippen molar-refractivity contribution in [1.29, 1.82) is 0 Å². The number of aromatic nitrogens is 4. The summed E-state index contributed by atoms with van der Waals surface area (Å²) in [7, 11) is 0. The second-order valence-electron chi connectivity index (χ2n) is 5.66. The van der Waals surface area contributed by atoms with Crippen LogP contribution in [0.1, 0.15) is 6.92 Å². The van der Waals surface area contributed by atoms with Gasteiger partial charge in [-0.2, -0.15) is 5.10 Å². The minimum atomic E-state index is 0.194. The van der Waals surface area contributed by atoms with Crippen LogP contribution in [0, 0.1) is 0 Å². The van der Waals surface area contributed by atoms with E-state index in [1.807, 2.05) is 52.7 Å². The van der Waals surface area contributed by atoms with Crippen LogP contribution < -0.4 is 5.32 Å². The maximum atomic E-state index is 4.77. The average Bonchev–Trinajstić information content (AvgIpc) is 3.28. The molecular weight excluding hydrogens is 318 g/mol. The lowest BCUT2D eigenvalue weighted by Crippen LogP contribution is -2.23. The van der Waals surface area contributed by atoms with E-state index in [1.54, 1.807) is 17.5 Å². The molecule has 0 radical (unpaired) electrons. The highest BCUT2D eigenvalue weighted by Crippen LogP contribution is 2.27. The third-order valence-electron chi connectivity index (χ3n) is 3.75. The number of thiophene rings is 1. The SMILES string of the molecule is CC(Cn1cccn1)Nc1nc(-c2cccs2)nc2ccccc12. The van der Waals surface area contributed by atoms with Crippen molar-refractivity contribution >= 4 is 28.1 Å². The predicted molar refractivity (Wildman–Crippen MR) is 98.2 cm³/mol. The number of nitrogens with zero attached hydrogens (tertiary/aromatic N) is 4. The fourth-order valence-electron chi connectivity index (χ4n) is 2.67. The first-order valence-electron chi connectivity index (χ1n) is 7.84. The predicted octanol–water partition coefficient (Wildman–Crippen LogP) is 4.06. The van der Waals surface area contributed by atoms with Gasteiger partial charge < -0.3 is 5.32 Å². The van der Waals surface area contributed by atoms with Crippen LogP contribution in [0.5, 0.6) is 0 Å². The summed E-state index contributed by atoms with van der Waals surface area (Å²) >= 11 is 1.65. The van der Waals surface area contributed by atoms with Gasteiger partial charge in [-0.25, -0.2) is 9.97 Å². The monoisotopic (exact) mass is 335 g/mol. The Morgan fingerprint density at radius 2 is 2.04 bits per heavy atom. The van der Waals surface area contributed by atoms with Gasteiger partial charge in [0.15, 0.2) is 5.82 Å². The van der Waals surface area contributed by atoms with Crippen LogP contribution in [0.15, 0.2) is 60.2 Å². The topological polar surface area (TPSA) is 55.6 Å². The summed E-state index contributed by atoms with van der Waals surface area (Å²) in [6, 6.07) is 14.3. The molecule has 0 bridgehead atoms. The normalized spacial score (nSPS) is 12.4. The smallest absolute Gasteiger partial charge is 0.172 e. The van der Waals surface area contributed by atoms with Gasteiger partial charge in [0.25, 0.3) is 0 Å². The highest BCUT2D eigenvalue weighted by atomic mass is 32.1. The molecule has 5 nitrogen and oxygen atoms in total. The van der Waals surface area contributed by atoms with E-state index in [0.29, 0.717) is 0 Å². The van der Waals surface area contributed by atoms with E-state index in [-0.39, 0.29) is 6.04 Å². The molecule has 0 aliphatic rings. The van der Waals surface area contributed by atoms with Crippen molar-refractivity contribution < 1.29 is 0 Å². The summed E-state index contributed by atoms with van der Waals surface area (Å²) in [4.78, 5) is 10.5. The number of fused-ring (bicyclic) bond motifs is 1. The number of para-hydroxylation sites is 1. The van der Waals surface area contributed by atoms with Crippen LogP contribution >= 0.6 is 11.3 Å². The van der Waals surface area contributed by atoms with Gasteiger partial charge >= 0.3 is 0 Å². The zero-order chi connectivity index (χ0) is 16.4. The maximum absolute atomic E-state index is 4.77. The average molecular weight is 335 g/mol. The van der Waals surface area contributed by atoms with Crippen LogP contribution in [-0.4, -0.2) is 25.8 Å². The van der Waals surface area contributed by atoms with Crippen molar-refractivity contribution in [2.75, 3.05) is 5.32 Å². The van der Waals surface area contributed by atoms with Gasteiger partial charge in [-0.1, -0.05) is 18.2 Å².